The molecule has 0 bridgehead atoms. The van der Waals surface area contributed by atoms with E-state index in [1.165, 1.54) is 12.8 Å². The van der Waals surface area contributed by atoms with Crippen molar-refractivity contribution >= 4 is 5.78 Å². The predicted octanol–water partition coefficient (Wildman–Crippen LogP) is 2.99. The van der Waals surface area contributed by atoms with Crippen molar-refractivity contribution in [2.75, 3.05) is 6.61 Å². The van der Waals surface area contributed by atoms with Crippen molar-refractivity contribution in [1.29, 1.82) is 0 Å². The van der Waals surface area contributed by atoms with Gasteiger partial charge in [-0.2, -0.15) is 0 Å². The number of benzene rings is 1. The molecule has 1 unspecified atom stereocenters. The Bertz CT molecular complexity index is 465. The van der Waals surface area contributed by atoms with Gasteiger partial charge in [0.25, 0.3) is 0 Å². The summed E-state index contributed by atoms with van der Waals surface area (Å²) in [6, 6.07) is 9.21. The van der Waals surface area contributed by atoms with Crippen molar-refractivity contribution in [1.82, 2.24) is 0 Å². The SMILES string of the molecule is N[C@@H](C(=O)C1CCOC2(CCCC2)C1)c1ccccc1. The molecule has 1 aliphatic carbocycles. The first-order valence-corrected chi connectivity index (χ1v) is 7.68. The molecule has 0 radical (unpaired) electrons. The van der Waals surface area contributed by atoms with Crippen molar-refractivity contribution in [2.45, 2.75) is 50.2 Å². The Hall–Kier alpha value is -1.19. The fourth-order valence-electron chi connectivity index (χ4n) is 3.72. The molecular formula is C17H23NO2. The summed E-state index contributed by atoms with van der Waals surface area (Å²) >= 11 is 0. The monoisotopic (exact) mass is 273 g/mol. The maximum absolute atomic E-state index is 12.7. The van der Waals surface area contributed by atoms with Gasteiger partial charge < -0.3 is 10.5 Å². The number of Topliss-reactive ketones (excluding diaryl/α,β-unsaturated/α-hetero) is 1. The van der Waals surface area contributed by atoms with Crippen LogP contribution in [0.1, 0.15) is 50.1 Å². The molecule has 1 saturated heterocycles. The Morgan fingerprint density at radius 1 is 1.25 bits per heavy atom. The maximum atomic E-state index is 12.7. The van der Waals surface area contributed by atoms with E-state index in [1.807, 2.05) is 30.3 Å². The first-order chi connectivity index (χ1) is 9.70. The number of nitrogens with two attached hydrogens (primary N) is 1. The molecule has 2 fully saturated rings. The molecule has 2 aliphatic rings. The standard InChI is InChI=1S/C17H23NO2/c18-15(13-6-2-1-3-7-13)16(19)14-8-11-20-17(12-14)9-4-5-10-17/h1-3,6-7,14-15H,4-5,8-12,18H2/t14?,15-/m1/s1. The molecular weight excluding hydrogens is 250 g/mol. The van der Waals surface area contributed by atoms with Gasteiger partial charge >= 0.3 is 0 Å². The van der Waals surface area contributed by atoms with Crippen LogP contribution in [0.4, 0.5) is 0 Å². The minimum absolute atomic E-state index is 0.0189. The highest BCUT2D eigenvalue weighted by atomic mass is 16.5. The molecule has 0 aromatic heterocycles. The van der Waals surface area contributed by atoms with Gasteiger partial charge in [0.05, 0.1) is 11.6 Å². The van der Waals surface area contributed by atoms with Crippen molar-refractivity contribution in [2.24, 2.45) is 11.7 Å². The van der Waals surface area contributed by atoms with Crippen LogP contribution in [0, 0.1) is 5.92 Å². The van der Waals surface area contributed by atoms with Gasteiger partial charge in [-0.3, -0.25) is 4.79 Å². The van der Waals surface area contributed by atoms with E-state index in [0.717, 1.165) is 31.2 Å². The third-order valence-corrected chi connectivity index (χ3v) is 4.88. The topological polar surface area (TPSA) is 52.3 Å². The van der Waals surface area contributed by atoms with E-state index in [0.29, 0.717) is 6.61 Å². The summed E-state index contributed by atoms with van der Waals surface area (Å²) in [5, 5.41) is 0. The Morgan fingerprint density at radius 2 is 1.95 bits per heavy atom. The lowest BCUT2D eigenvalue weighted by Crippen LogP contribution is -2.42. The molecule has 1 saturated carbocycles. The smallest absolute Gasteiger partial charge is 0.157 e. The number of hydrogen-bond acceptors (Lipinski definition) is 3. The second-order valence-corrected chi connectivity index (χ2v) is 6.22. The van der Waals surface area contributed by atoms with E-state index in [2.05, 4.69) is 0 Å². The summed E-state index contributed by atoms with van der Waals surface area (Å²) in [6.07, 6.45) is 6.36. The highest BCUT2D eigenvalue weighted by Gasteiger charge is 2.42. The van der Waals surface area contributed by atoms with Crippen LogP contribution in [0.5, 0.6) is 0 Å². The molecule has 1 heterocycles. The van der Waals surface area contributed by atoms with Gasteiger partial charge in [-0.25, -0.2) is 0 Å². The van der Waals surface area contributed by atoms with Gasteiger partial charge in [0, 0.05) is 12.5 Å². The Kier molecular flexibility index (Phi) is 3.90. The van der Waals surface area contributed by atoms with Gasteiger partial charge in [0.1, 0.15) is 0 Å². The van der Waals surface area contributed by atoms with Gasteiger partial charge in [-0.1, -0.05) is 43.2 Å². The largest absolute Gasteiger partial charge is 0.375 e. The van der Waals surface area contributed by atoms with Gasteiger partial charge in [-0.15, -0.1) is 0 Å². The predicted molar refractivity (Wildman–Crippen MR) is 78.3 cm³/mol. The second kappa shape index (κ2) is 5.66. The summed E-state index contributed by atoms with van der Waals surface area (Å²) in [6.45, 7) is 0.706. The van der Waals surface area contributed by atoms with Crippen molar-refractivity contribution in [3.8, 4) is 0 Å². The Labute approximate surface area is 120 Å². The second-order valence-electron chi connectivity index (χ2n) is 6.22. The molecule has 1 aromatic rings. The van der Waals surface area contributed by atoms with Crippen LogP contribution < -0.4 is 5.73 Å². The van der Waals surface area contributed by atoms with E-state index >= 15 is 0 Å². The molecule has 2 N–H and O–H groups in total. The molecule has 3 rings (SSSR count). The van der Waals surface area contributed by atoms with Gasteiger partial charge in [0.2, 0.25) is 0 Å². The number of carbonyl (C=O) groups excluding carboxylic acids is 1. The number of ether oxygens (including phenoxy) is 1. The third kappa shape index (κ3) is 2.65. The number of carbonyl (C=O) groups is 1. The molecule has 1 aliphatic heterocycles. The van der Waals surface area contributed by atoms with E-state index in [4.69, 9.17) is 10.5 Å². The van der Waals surface area contributed by atoms with Gasteiger partial charge in [-0.05, 0) is 31.2 Å². The van der Waals surface area contributed by atoms with Crippen molar-refractivity contribution in [3.05, 3.63) is 35.9 Å². The van der Waals surface area contributed by atoms with Crippen LogP contribution >= 0.6 is 0 Å². The molecule has 20 heavy (non-hydrogen) atoms. The van der Waals surface area contributed by atoms with E-state index in [-0.39, 0.29) is 17.3 Å². The van der Waals surface area contributed by atoms with Crippen molar-refractivity contribution in [3.63, 3.8) is 0 Å². The van der Waals surface area contributed by atoms with Crippen LogP contribution in [0.3, 0.4) is 0 Å². The number of ketones is 1. The minimum Gasteiger partial charge on any atom is -0.375 e. The molecule has 108 valence electrons. The molecule has 3 heteroatoms. The summed E-state index contributed by atoms with van der Waals surface area (Å²) in [4.78, 5) is 12.7. The number of rotatable bonds is 3. The lowest BCUT2D eigenvalue weighted by Gasteiger charge is -2.38. The zero-order valence-corrected chi connectivity index (χ0v) is 11.9. The van der Waals surface area contributed by atoms with Crippen LogP contribution in [0.25, 0.3) is 0 Å². The Morgan fingerprint density at radius 3 is 2.65 bits per heavy atom. The van der Waals surface area contributed by atoms with Gasteiger partial charge in [0.15, 0.2) is 5.78 Å². The quantitative estimate of drug-likeness (QED) is 0.921. The first-order valence-electron chi connectivity index (χ1n) is 7.68. The molecule has 1 aromatic carbocycles. The molecule has 0 amide bonds. The molecule has 3 nitrogen and oxygen atoms in total. The fourth-order valence-corrected chi connectivity index (χ4v) is 3.72. The minimum atomic E-state index is -0.488. The summed E-state index contributed by atoms with van der Waals surface area (Å²) in [5.41, 5.74) is 7.07. The van der Waals surface area contributed by atoms with E-state index in [1.54, 1.807) is 0 Å². The lowest BCUT2D eigenvalue weighted by molar-refractivity contribution is -0.137. The zero-order valence-electron chi connectivity index (χ0n) is 11.9. The summed E-state index contributed by atoms with van der Waals surface area (Å²) in [5.74, 6) is 0.253. The summed E-state index contributed by atoms with van der Waals surface area (Å²) in [7, 11) is 0. The third-order valence-electron chi connectivity index (χ3n) is 4.88. The lowest BCUT2D eigenvalue weighted by atomic mass is 9.80. The van der Waals surface area contributed by atoms with Crippen LogP contribution in [-0.4, -0.2) is 18.0 Å². The Balaban J connectivity index is 1.70. The first kappa shape index (κ1) is 13.8. The fraction of sp³-hybridized carbons (Fsp3) is 0.588. The van der Waals surface area contributed by atoms with Crippen LogP contribution in [0.2, 0.25) is 0 Å². The van der Waals surface area contributed by atoms with Crippen molar-refractivity contribution < 1.29 is 9.53 Å². The van der Waals surface area contributed by atoms with E-state index in [9.17, 15) is 4.79 Å². The number of hydrogen-bond donors (Lipinski definition) is 1. The van der Waals surface area contributed by atoms with Crippen LogP contribution in [0.15, 0.2) is 30.3 Å². The van der Waals surface area contributed by atoms with E-state index < -0.39 is 6.04 Å². The summed E-state index contributed by atoms with van der Waals surface area (Å²) < 4.78 is 6.00. The highest BCUT2D eigenvalue weighted by molar-refractivity contribution is 5.87. The highest BCUT2D eigenvalue weighted by Crippen LogP contribution is 2.42. The molecule has 2 atom stereocenters. The maximum Gasteiger partial charge on any atom is 0.157 e. The average Bonchev–Trinajstić information content (AvgIpc) is 2.94. The molecule has 1 spiro atoms. The zero-order chi connectivity index (χ0) is 14.0. The normalized spacial score (nSPS) is 26.6. The average molecular weight is 273 g/mol. The van der Waals surface area contributed by atoms with Crippen LogP contribution in [-0.2, 0) is 9.53 Å².